The van der Waals surface area contributed by atoms with Crippen LogP contribution in [0.4, 0.5) is 0 Å². The molecule has 11 heavy (non-hydrogen) atoms. The molecule has 0 aromatic heterocycles. The molecule has 1 amide bonds. The van der Waals surface area contributed by atoms with Crippen LogP contribution in [0, 0.1) is 5.92 Å². The smallest absolute Gasteiger partial charge is 0.234 e. The molecule has 4 heteroatoms. The first-order valence-electron chi connectivity index (χ1n) is 3.75. The summed E-state index contributed by atoms with van der Waals surface area (Å²) in [6.07, 6.45) is 0.809. The third-order valence-electron chi connectivity index (χ3n) is 1.97. The molecular weight excluding hydrogens is 144 g/mol. The Morgan fingerprint density at radius 3 is 3.00 bits per heavy atom. The van der Waals surface area contributed by atoms with E-state index in [1.807, 2.05) is 0 Å². The molecule has 0 spiro atoms. The zero-order valence-electron chi connectivity index (χ0n) is 6.67. The minimum Gasteiger partial charge on any atom is -0.384 e. The summed E-state index contributed by atoms with van der Waals surface area (Å²) in [5, 5.41) is 3.04. The Balaban J connectivity index is 2.29. The molecule has 64 valence electrons. The van der Waals surface area contributed by atoms with Crippen molar-refractivity contribution in [3.8, 4) is 0 Å². The number of carbonyl (C=O) groups is 1. The largest absolute Gasteiger partial charge is 0.384 e. The maximum absolute atomic E-state index is 10.7. The Kier molecular flexibility index (Phi) is 2.84. The average molecular weight is 158 g/mol. The first-order chi connectivity index (χ1) is 5.24. The van der Waals surface area contributed by atoms with Gasteiger partial charge in [0, 0.05) is 13.7 Å². The molecule has 2 unspecified atom stereocenters. The van der Waals surface area contributed by atoms with E-state index >= 15 is 0 Å². The summed E-state index contributed by atoms with van der Waals surface area (Å²) in [5.74, 6) is 0.182. The second kappa shape index (κ2) is 3.69. The lowest BCUT2D eigenvalue weighted by Gasteiger charge is -2.05. The zero-order valence-corrected chi connectivity index (χ0v) is 6.67. The van der Waals surface area contributed by atoms with Crippen molar-refractivity contribution in [2.24, 2.45) is 11.7 Å². The second-order valence-corrected chi connectivity index (χ2v) is 2.92. The molecule has 4 nitrogen and oxygen atoms in total. The molecule has 0 aromatic carbocycles. The molecule has 3 N–H and O–H groups in total. The van der Waals surface area contributed by atoms with Crippen molar-refractivity contribution >= 4 is 5.91 Å². The van der Waals surface area contributed by atoms with E-state index in [1.54, 1.807) is 7.11 Å². The van der Waals surface area contributed by atoms with Crippen LogP contribution in [0.25, 0.3) is 0 Å². The maximum Gasteiger partial charge on any atom is 0.234 e. The molecule has 1 aliphatic rings. The van der Waals surface area contributed by atoms with Gasteiger partial charge in [-0.15, -0.1) is 0 Å². The Labute approximate surface area is 66.1 Å². The Bertz CT molecular complexity index is 149. The van der Waals surface area contributed by atoms with Crippen LogP contribution < -0.4 is 11.1 Å². The molecule has 0 saturated carbocycles. The number of methoxy groups -OCH3 is 1. The second-order valence-electron chi connectivity index (χ2n) is 2.92. The van der Waals surface area contributed by atoms with E-state index in [-0.39, 0.29) is 11.9 Å². The van der Waals surface area contributed by atoms with E-state index < -0.39 is 0 Å². The van der Waals surface area contributed by atoms with Gasteiger partial charge in [0.15, 0.2) is 0 Å². The third-order valence-corrected chi connectivity index (χ3v) is 1.97. The lowest BCUT2D eigenvalue weighted by molar-refractivity contribution is -0.119. The topological polar surface area (TPSA) is 64.3 Å². The summed E-state index contributed by atoms with van der Waals surface area (Å²) in [6, 6.07) is -0.143. The minimum absolute atomic E-state index is 0.143. The lowest BCUT2D eigenvalue weighted by Crippen LogP contribution is -2.36. The van der Waals surface area contributed by atoms with Gasteiger partial charge in [-0.05, 0) is 12.3 Å². The fourth-order valence-corrected chi connectivity index (χ4v) is 1.39. The predicted octanol–water partition coefficient (Wildman–Crippen LogP) is -0.904. The minimum atomic E-state index is -0.261. The SMILES string of the molecule is COCC1CNC(C(N)=O)C1. The van der Waals surface area contributed by atoms with Crippen LogP contribution in [-0.4, -0.2) is 32.2 Å². The van der Waals surface area contributed by atoms with Crippen molar-refractivity contribution in [3.05, 3.63) is 0 Å². The van der Waals surface area contributed by atoms with Gasteiger partial charge in [0.2, 0.25) is 5.91 Å². The first-order valence-corrected chi connectivity index (χ1v) is 3.75. The first kappa shape index (κ1) is 8.49. The van der Waals surface area contributed by atoms with Gasteiger partial charge in [-0.1, -0.05) is 0 Å². The number of nitrogens with one attached hydrogen (secondary N) is 1. The molecule has 1 fully saturated rings. The van der Waals surface area contributed by atoms with Gasteiger partial charge in [-0.2, -0.15) is 0 Å². The number of nitrogens with two attached hydrogens (primary N) is 1. The molecular formula is C7H14N2O2. The summed E-state index contributed by atoms with van der Waals surface area (Å²) in [6.45, 7) is 1.54. The van der Waals surface area contributed by atoms with Crippen LogP contribution in [0.3, 0.4) is 0 Å². The van der Waals surface area contributed by atoms with Crippen molar-refractivity contribution in [1.82, 2.24) is 5.32 Å². The summed E-state index contributed by atoms with van der Waals surface area (Å²) < 4.78 is 4.96. The van der Waals surface area contributed by atoms with E-state index in [9.17, 15) is 4.79 Å². The van der Waals surface area contributed by atoms with E-state index in [1.165, 1.54) is 0 Å². The highest BCUT2D eigenvalue weighted by Crippen LogP contribution is 2.13. The van der Waals surface area contributed by atoms with Crippen molar-refractivity contribution in [3.63, 3.8) is 0 Å². The number of amides is 1. The highest BCUT2D eigenvalue weighted by atomic mass is 16.5. The highest BCUT2D eigenvalue weighted by molar-refractivity contribution is 5.80. The lowest BCUT2D eigenvalue weighted by atomic mass is 10.1. The van der Waals surface area contributed by atoms with E-state index in [4.69, 9.17) is 10.5 Å². The van der Waals surface area contributed by atoms with Crippen LogP contribution >= 0.6 is 0 Å². The monoisotopic (exact) mass is 158 g/mol. The number of carbonyl (C=O) groups excluding carboxylic acids is 1. The molecule has 1 saturated heterocycles. The van der Waals surface area contributed by atoms with Gasteiger partial charge in [0.1, 0.15) is 0 Å². The number of ether oxygens (including phenoxy) is 1. The van der Waals surface area contributed by atoms with Gasteiger partial charge < -0.3 is 15.8 Å². The molecule has 0 aromatic rings. The number of hydrogen-bond donors (Lipinski definition) is 2. The van der Waals surface area contributed by atoms with Crippen LogP contribution in [0.5, 0.6) is 0 Å². The fourth-order valence-electron chi connectivity index (χ4n) is 1.39. The van der Waals surface area contributed by atoms with Crippen LogP contribution in [0.2, 0.25) is 0 Å². The van der Waals surface area contributed by atoms with Gasteiger partial charge in [0.25, 0.3) is 0 Å². The number of primary amides is 1. The van der Waals surface area contributed by atoms with Gasteiger partial charge in [-0.3, -0.25) is 4.79 Å². The maximum atomic E-state index is 10.7. The molecule has 0 bridgehead atoms. The van der Waals surface area contributed by atoms with Crippen molar-refractivity contribution in [2.45, 2.75) is 12.5 Å². The normalized spacial score (nSPS) is 30.6. The van der Waals surface area contributed by atoms with Crippen LogP contribution in [0.15, 0.2) is 0 Å². The fraction of sp³-hybridized carbons (Fsp3) is 0.857. The third kappa shape index (κ3) is 2.17. The Hall–Kier alpha value is -0.610. The Morgan fingerprint density at radius 1 is 1.82 bits per heavy atom. The van der Waals surface area contributed by atoms with E-state index in [0.717, 1.165) is 13.0 Å². The number of hydrogen-bond acceptors (Lipinski definition) is 3. The summed E-state index contributed by atoms with van der Waals surface area (Å²) in [5.41, 5.74) is 5.11. The standard InChI is InChI=1S/C7H14N2O2/c1-11-4-5-2-6(7(8)10)9-3-5/h5-6,9H,2-4H2,1H3,(H2,8,10). The summed E-state index contributed by atoms with van der Waals surface area (Å²) in [7, 11) is 1.66. The van der Waals surface area contributed by atoms with Crippen molar-refractivity contribution in [2.75, 3.05) is 20.3 Å². The highest BCUT2D eigenvalue weighted by Gasteiger charge is 2.27. The average Bonchev–Trinajstić information content (AvgIpc) is 2.37. The molecule has 0 radical (unpaired) electrons. The van der Waals surface area contributed by atoms with Gasteiger partial charge in [-0.25, -0.2) is 0 Å². The molecule has 1 rings (SSSR count). The van der Waals surface area contributed by atoms with Crippen LogP contribution in [0.1, 0.15) is 6.42 Å². The quantitative estimate of drug-likeness (QED) is 0.559. The summed E-state index contributed by atoms with van der Waals surface area (Å²) >= 11 is 0. The number of rotatable bonds is 3. The Morgan fingerprint density at radius 2 is 2.55 bits per heavy atom. The van der Waals surface area contributed by atoms with E-state index in [0.29, 0.717) is 12.5 Å². The van der Waals surface area contributed by atoms with Gasteiger partial charge >= 0.3 is 0 Å². The molecule has 1 heterocycles. The molecule has 0 aliphatic carbocycles. The van der Waals surface area contributed by atoms with Crippen molar-refractivity contribution < 1.29 is 9.53 Å². The van der Waals surface area contributed by atoms with Gasteiger partial charge in [0.05, 0.1) is 12.6 Å². The van der Waals surface area contributed by atoms with Crippen LogP contribution in [-0.2, 0) is 9.53 Å². The predicted molar refractivity (Wildman–Crippen MR) is 41.0 cm³/mol. The van der Waals surface area contributed by atoms with Crippen molar-refractivity contribution in [1.29, 1.82) is 0 Å². The summed E-state index contributed by atoms with van der Waals surface area (Å²) in [4.78, 5) is 10.7. The molecule has 2 atom stereocenters. The van der Waals surface area contributed by atoms with E-state index in [2.05, 4.69) is 5.32 Å². The molecule has 1 aliphatic heterocycles. The zero-order chi connectivity index (χ0) is 8.27.